The number of hydrogen-bond acceptors (Lipinski definition) is 4. The van der Waals surface area contributed by atoms with Crippen molar-refractivity contribution < 1.29 is 26.4 Å². The van der Waals surface area contributed by atoms with Gasteiger partial charge in [-0.3, -0.25) is 9.10 Å². The molecule has 0 aromatic heterocycles. The van der Waals surface area contributed by atoms with E-state index in [0.29, 0.717) is 16.3 Å². The summed E-state index contributed by atoms with van der Waals surface area (Å²) in [6, 6.07) is 16.4. The van der Waals surface area contributed by atoms with Crippen LogP contribution in [0.1, 0.15) is 36.5 Å². The maximum Gasteiger partial charge on any atom is 0.417 e. The highest BCUT2D eigenvalue weighted by molar-refractivity contribution is 7.92. The molecule has 1 amide bonds. The number of halogens is 4. The highest BCUT2D eigenvalue weighted by atomic mass is 35.5. The Kier molecular flexibility index (Phi) is 8.99. The molecule has 0 radical (unpaired) electrons. The van der Waals surface area contributed by atoms with E-state index < -0.39 is 39.2 Å². The minimum atomic E-state index is -4.81. The van der Waals surface area contributed by atoms with Crippen LogP contribution in [0.5, 0.6) is 0 Å². The maximum absolute atomic E-state index is 13.6. The molecule has 1 saturated heterocycles. The van der Waals surface area contributed by atoms with Crippen molar-refractivity contribution in [3.8, 4) is 0 Å². The average molecular weight is 594 g/mol. The predicted octanol–water partition coefficient (Wildman–Crippen LogP) is 6.42. The second kappa shape index (κ2) is 12.1. The van der Waals surface area contributed by atoms with Gasteiger partial charge < -0.3 is 10.2 Å². The van der Waals surface area contributed by atoms with E-state index in [1.807, 2.05) is 24.3 Å². The van der Waals surface area contributed by atoms with Crippen LogP contribution in [0.15, 0.2) is 71.6 Å². The van der Waals surface area contributed by atoms with Crippen LogP contribution < -0.4 is 14.5 Å². The van der Waals surface area contributed by atoms with Crippen molar-refractivity contribution in [2.24, 2.45) is 5.92 Å². The predicted molar refractivity (Wildman–Crippen MR) is 151 cm³/mol. The lowest BCUT2D eigenvalue weighted by molar-refractivity contribution is -0.137. The van der Waals surface area contributed by atoms with Crippen LogP contribution in [0.2, 0.25) is 5.02 Å². The molecule has 1 fully saturated rings. The summed E-state index contributed by atoms with van der Waals surface area (Å²) in [7, 11) is -4.39. The smallest absolute Gasteiger partial charge is 0.371 e. The summed E-state index contributed by atoms with van der Waals surface area (Å²) in [4.78, 5) is 15.1. The quantitative estimate of drug-likeness (QED) is 0.327. The second-order valence-electron chi connectivity index (χ2n) is 10.1. The van der Waals surface area contributed by atoms with Gasteiger partial charge in [0.25, 0.3) is 10.0 Å². The molecule has 1 heterocycles. The molecule has 11 heteroatoms. The molecule has 1 aliphatic heterocycles. The number of carbonyl (C=O) groups is 1. The number of hydrogen-bond donors (Lipinski definition) is 1. The highest BCUT2D eigenvalue weighted by Crippen LogP contribution is 2.38. The van der Waals surface area contributed by atoms with Gasteiger partial charge in [-0.1, -0.05) is 48.4 Å². The Hall–Kier alpha value is -3.24. The van der Waals surface area contributed by atoms with Crippen LogP contribution in [0.4, 0.5) is 24.5 Å². The van der Waals surface area contributed by atoms with Crippen molar-refractivity contribution in [2.75, 3.05) is 28.8 Å². The molecular formula is C29H31ClF3N3O3S. The zero-order valence-corrected chi connectivity index (χ0v) is 23.8. The number of rotatable bonds is 8. The normalized spacial score (nSPS) is 16.1. The van der Waals surface area contributed by atoms with E-state index in [9.17, 15) is 26.4 Å². The molecule has 40 heavy (non-hydrogen) atoms. The summed E-state index contributed by atoms with van der Waals surface area (Å²) in [5, 5.41) is 2.11. The Bertz CT molecular complexity index is 1450. The largest absolute Gasteiger partial charge is 0.417 e. The molecule has 0 saturated carbocycles. The monoisotopic (exact) mass is 593 g/mol. The maximum atomic E-state index is 13.6. The first kappa shape index (κ1) is 29.7. The van der Waals surface area contributed by atoms with Crippen LogP contribution in [0, 0.1) is 12.8 Å². The summed E-state index contributed by atoms with van der Waals surface area (Å²) >= 11 is 5.75. The SMILES string of the molecule is Cc1ccc(S(=O)(=O)N(CC(=O)NCc2ccc(N3CCCC(C)C3)cc2)c2ccc(Cl)c(C(F)(F)F)c2)cc1. The van der Waals surface area contributed by atoms with E-state index in [4.69, 9.17) is 11.6 Å². The number of alkyl halides is 3. The van der Waals surface area contributed by atoms with Gasteiger partial charge in [0.2, 0.25) is 5.91 Å². The number of aryl methyl sites for hydroxylation is 1. The van der Waals surface area contributed by atoms with Gasteiger partial charge in [-0.05, 0) is 73.7 Å². The number of amides is 1. The van der Waals surface area contributed by atoms with Crippen LogP contribution >= 0.6 is 11.6 Å². The summed E-state index contributed by atoms with van der Waals surface area (Å²) < 4.78 is 68.4. The van der Waals surface area contributed by atoms with Gasteiger partial charge in [0.05, 0.1) is 21.2 Å². The minimum Gasteiger partial charge on any atom is -0.371 e. The van der Waals surface area contributed by atoms with Gasteiger partial charge in [0.15, 0.2) is 0 Å². The highest BCUT2D eigenvalue weighted by Gasteiger charge is 2.35. The molecule has 1 unspecified atom stereocenters. The minimum absolute atomic E-state index is 0.127. The lowest BCUT2D eigenvalue weighted by atomic mass is 9.99. The summed E-state index contributed by atoms with van der Waals surface area (Å²) in [5.41, 5.74) is 1.18. The Labute approximate surface area is 237 Å². The summed E-state index contributed by atoms with van der Waals surface area (Å²) in [6.07, 6.45) is -2.46. The first-order valence-corrected chi connectivity index (χ1v) is 14.7. The molecule has 0 spiro atoms. The molecule has 4 rings (SSSR count). The zero-order chi connectivity index (χ0) is 29.1. The van der Waals surface area contributed by atoms with E-state index in [1.165, 1.54) is 18.6 Å². The third-order valence-electron chi connectivity index (χ3n) is 6.89. The molecule has 3 aromatic carbocycles. The van der Waals surface area contributed by atoms with E-state index in [0.717, 1.165) is 48.5 Å². The van der Waals surface area contributed by atoms with Crippen molar-refractivity contribution in [3.05, 3.63) is 88.4 Å². The molecule has 6 nitrogen and oxygen atoms in total. The zero-order valence-electron chi connectivity index (χ0n) is 22.2. The van der Waals surface area contributed by atoms with Gasteiger partial charge in [-0.25, -0.2) is 8.42 Å². The number of sulfonamides is 1. The Morgan fingerprint density at radius 1 is 1.07 bits per heavy atom. The van der Waals surface area contributed by atoms with Crippen LogP contribution in [0.3, 0.4) is 0 Å². The van der Waals surface area contributed by atoms with Gasteiger partial charge >= 0.3 is 6.18 Å². The van der Waals surface area contributed by atoms with Gasteiger partial charge in [0.1, 0.15) is 6.54 Å². The lowest BCUT2D eigenvalue weighted by Gasteiger charge is -2.32. The molecule has 1 atom stereocenters. The third kappa shape index (κ3) is 7.09. The van der Waals surface area contributed by atoms with Crippen molar-refractivity contribution in [1.29, 1.82) is 0 Å². The lowest BCUT2D eigenvalue weighted by Crippen LogP contribution is -2.40. The molecule has 3 aromatic rings. The number of carbonyl (C=O) groups excluding carboxylic acids is 1. The molecule has 1 aliphatic rings. The average Bonchev–Trinajstić information content (AvgIpc) is 2.91. The molecule has 0 bridgehead atoms. The van der Waals surface area contributed by atoms with Crippen LogP contribution in [-0.2, 0) is 27.5 Å². The molecule has 1 N–H and O–H groups in total. The van der Waals surface area contributed by atoms with Crippen molar-refractivity contribution in [3.63, 3.8) is 0 Å². The summed E-state index contributed by atoms with van der Waals surface area (Å²) in [5.74, 6) is -0.0483. The van der Waals surface area contributed by atoms with Crippen LogP contribution in [-0.4, -0.2) is 34.0 Å². The topological polar surface area (TPSA) is 69.7 Å². The van der Waals surface area contributed by atoms with E-state index in [2.05, 4.69) is 17.1 Å². The molecule has 214 valence electrons. The molecule has 0 aliphatic carbocycles. The fraction of sp³-hybridized carbons (Fsp3) is 0.345. The third-order valence-corrected chi connectivity index (χ3v) is 9.01. The van der Waals surface area contributed by atoms with Gasteiger partial charge in [-0.15, -0.1) is 0 Å². The first-order valence-electron chi connectivity index (χ1n) is 12.9. The second-order valence-corrected chi connectivity index (χ2v) is 12.4. The van der Waals surface area contributed by atoms with E-state index in [1.54, 1.807) is 19.1 Å². The molecular weight excluding hydrogens is 563 g/mol. The van der Waals surface area contributed by atoms with Crippen molar-refractivity contribution in [2.45, 2.75) is 44.3 Å². The Morgan fingerprint density at radius 3 is 2.38 bits per heavy atom. The summed E-state index contributed by atoms with van der Waals surface area (Å²) in [6.45, 7) is 5.39. The van der Waals surface area contributed by atoms with Crippen LogP contribution in [0.25, 0.3) is 0 Å². The standard InChI is InChI=1S/C29H31ClF3N3O3S/c1-20-5-12-25(13-6-20)40(38,39)36(24-11-14-27(30)26(16-24)29(31,32)33)19-28(37)34-17-22-7-9-23(10-8-22)35-15-3-4-21(2)18-35/h5-14,16,21H,3-4,15,17-19H2,1-2H3,(H,34,37). The van der Waals surface area contributed by atoms with Crippen molar-refractivity contribution >= 4 is 38.9 Å². The number of nitrogens with one attached hydrogen (secondary N) is 1. The van der Waals surface area contributed by atoms with Gasteiger partial charge in [0, 0.05) is 25.3 Å². The fourth-order valence-electron chi connectivity index (χ4n) is 4.67. The van der Waals surface area contributed by atoms with E-state index >= 15 is 0 Å². The van der Waals surface area contributed by atoms with Gasteiger partial charge in [-0.2, -0.15) is 13.2 Å². The Balaban J connectivity index is 1.54. The number of nitrogens with zero attached hydrogens (tertiary/aromatic N) is 2. The number of piperidine rings is 1. The Morgan fingerprint density at radius 2 is 1.75 bits per heavy atom. The first-order chi connectivity index (χ1) is 18.8. The number of anilines is 2. The van der Waals surface area contributed by atoms with Crippen molar-refractivity contribution in [1.82, 2.24) is 5.32 Å². The fourth-order valence-corrected chi connectivity index (χ4v) is 6.31. The van der Waals surface area contributed by atoms with E-state index in [-0.39, 0.29) is 17.1 Å². The number of benzene rings is 3.